The van der Waals surface area contributed by atoms with E-state index in [9.17, 15) is 0 Å². The Morgan fingerprint density at radius 3 is 2.79 bits per heavy atom. The van der Waals surface area contributed by atoms with Gasteiger partial charge in [-0.1, -0.05) is 0 Å². The summed E-state index contributed by atoms with van der Waals surface area (Å²) in [6.45, 7) is 3.75. The van der Waals surface area contributed by atoms with Crippen molar-refractivity contribution in [3.05, 3.63) is 22.2 Å². The van der Waals surface area contributed by atoms with Crippen LogP contribution in [0.15, 0.2) is 21.5 Å². The molecule has 76 valence electrons. The molecule has 1 saturated heterocycles. The lowest BCUT2D eigenvalue weighted by molar-refractivity contribution is 0.0455. The van der Waals surface area contributed by atoms with Crippen molar-refractivity contribution < 1.29 is 4.74 Å². The molecule has 0 radical (unpaired) electrons. The van der Waals surface area contributed by atoms with Gasteiger partial charge < -0.3 is 10.5 Å². The zero-order chi connectivity index (χ0) is 10.1. The molecule has 0 saturated carbocycles. The fraction of sp³-hybridized carbons (Fsp3) is 0.400. The van der Waals surface area contributed by atoms with Crippen LogP contribution in [0.5, 0.6) is 0 Å². The molecule has 0 aliphatic carbocycles. The number of rotatable bonds is 2. The van der Waals surface area contributed by atoms with Gasteiger partial charge in [-0.25, -0.2) is 0 Å². The fourth-order valence-corrected chi connectivity index (χ4v) is 2.97. The first-order valence-corrected chi connectivity index (χ1v) is 6.14. The molecule has 2 nitrogen and oxygen atoms in total. The number of halogens is 1. The Balaban J connectivity index is 2.19. The number of ether oxygens (including phenoxy) is 1. The molecule has 1 aromatic rings. The highest BCUT2D eigenvalue weighted by Gasteiger charge is 2.20. The summed E-state index contributed by atoms with van der Waals surface area (Å²) in [6, 6.07) is 4.10. The first-order valence-electron chi connectivity index (χ1n) is 4.47. The molecule has 0 bridgehead atoms. The Morgan fingerprint density at radius 1 is 1.50 bits per heavy atom. The molecule has 1 aromatic carbocycles. The highest BCUT2D eigenvalue weighted by atomic mass is 79.9. The second-order valence-corrected chi connectivity index (χ2v) is 5.61. The topological polar surface area (TPSA) is 35.2 Å². The Bertz CT molecular complexity index is 352. The molecule has 2 rings (SSSR count). The van der Waals surface area contributed by atoms with E-state index in [4.69, 9.17) is 10.5 Å². The zero-order valence-corrected chi connectivity index (χ0v) is 10.3. The summed E-state index contributed by atoms with van der Waals surface area (Å²) in [5, 5.41) is 0.606. The minimum atomic E-state index is 0.606. The number of benzene rings is 1. The van der Waals surface area contributed by atoms with Crippen molar-refractivity contribution >= 4 is 33.4 Å². The summed E-state index contributed by atoms with van der Waals surface area (Å²) in [4.78, 5) is 1.25. The molecule has 0 atom stereocenters. The van der Waals surface area contributed by atoms with Crippen LogP contribution in [0.2, 0.25) is 0 Å². The summed E-state index contributed by atoms with van der Waals surface area (Å²) in [6.07, 6.45) is 0. The number of thioether (sulfide) groups is 1. The molecule has 1 aliphatic heterocycles. The van der Waals surface area contributed by atoms with Crippen LogP contribution in [-0.4, -0.2) is 18.5 Å². The molecule has 2 N–H and O–H groups in total. The summed E-state index contributed by atoms with van der Waals surface area (Å²) in [7, 11) is 0. The third kappa shape index (κ3) is 2.07. The van der Waals surface area contributed by atoms with Gasteiger partial charge in [0.25, 0.3) is 0 Å². The van der Waals surface area contributed by atoms with Gasteiger partial charge in [0.2, 0.25) is 0 Å². The highest BCUT2D eigenvalue weighted by molar-refractivity contribution is 9.10. The average molecular weight is 274 g/mol. The number of nitrogens with two attached hydrogens (primary N) is 1. The summed E-state index contributed by atoms with van der Waals surface area (Å²) >= 11 is 5.37. The largest absolute Gasteiger partial charge is 0.398 e. The standard InChI is InChI=1S/C10H12BrNOS/c1-6-2-10(8(11)3-9(6)12)14-7-4-13-5-7/h2-3,7H,4-5,12H2,1H3. The predicted molar refractivity (Wildman–Crippen MR) is 63.8 cm³/mol. The summed E-state index contributed by atoms with van der Waals surface area (Å²) in [5.74, 6) is 0. The molecule has 0 amide bonds. The van der Waals surface area contributed by atoms with Crippen LogP contribution >= 0.6 is 27.7 Å². The van der Waals surface area contributed by atoms with E-state index < -0.39 is 0 Å². The van der Waals surface area contributed by atoms with Gasteiger partial charge in [0.1, 0.15) is 0 Å². The minimum absolute atomic E-state index is 0.606. The molecule has 4 heteroatoms. The molecule has 0 aromatic heterocycles. The van der Waals surface area contributed by atoms with Gasteiger partial charge in [-0.2, -0.15) is 0 Å². The van der Waals surface area contributed by atoms with Crippen molar-refractivity contribution in [3.63, 3.8) is 0 Å². The van der Waals surface area contributed by atoms with Gasteiger partial charge >= 0.3 is 0 Å². The SMILES string of the molecule is Cc1cc(SC2COC2)c(Br)cc1N. The highest BCUT2D eigenvalue weighted by Crippen LogP contribution is 2.35. The zero-order valence-electron chi connectivity index (χ0n) is 7.92. The van der Waals surface area contributed by atoms with Gasteiger partial charge in [-0.05, 0) is 40.5 Å². The van der Waals surface area contributed by atoms with E-state index in [1.807, 2.05) is 24.8 Å². The van der Waals surface area contributed by atoms with E-state index in [1.165, 1.54) is 4.90 Å². The van der Waals surface area contributed by atoms with Crippen molar-refractivity contribution in [2.45, 2.75) is 17.1 Å². The smallest absolute Gasteiger partial charge is 0.0611 e. The summed E-state index contributed by atoms with van der Waals surface area (Å²) in [5.41, 5.74) is 7.78. The first-order chi connectivity index (χ1) is 6.66. The second-order valence-electron chi connectivity index (χ2n) is 3.42. The monoisotopic (exact) mass is 273 g/mol. The molecule has 1 fully saturated rings. The Labute approximate surface area is 96.3 Å². The van der Waals surface area contributed by atoms with E-state index >= 15 is 0 Å². The van der Waals surface area contributed by atoms with Crippen LogP contribution in [0, 0.1) is 6.92 Å². The molecular weight excluding hydrogens is 262 g/mol. The van der Waals surface area contributed by atoms with Crippen LogP contribution in [0.1, 0.15) is 5.56 Å². The van der Waals surface area contributed by atoms with E-state index in [2.05, 4.69) is 22.0 Å². The number of hydrogen-bond donors (Lipinski definition) is 1. The average Bonchev–Trinajstić information content (AvgIpc) is 2.06. The van der Waals surface area contributed by atoms with Crippen molar-refractivity contribution in [1.82, 2.24) is 0 Å². The van der Waals surface area contributed by atoms with E-state index in [0.717, 1.165) is 28.9 Å². The lowest BCUT2D eigenvalue weighted by atomic mass is 10.2. The van der Waals surface area contributed by atoms with Crippen LogP contribution < -0.4 is 5.73 Å². The second kappa shape index (κ2) is 4.13. The van der Waals surface area contributed by atoms with Crippen LogP contribution in [0.25, 0.3) is 0 Å². The van der Waals surface area contributed by atoms with Gasteiger partial charge in [0, 0.05) is 15.1 Å². The van der Waals surface area contributed by atoms with E-state index in [-0.39, 0.29) is 0 Å². The van der Waals surface area contributed by atoms with Crippen molar-refractivity contribution in [3.8, 4) is 0 Å². The molecule has 0 unspecified atom stereocenters. The number of nitrogen functional groups attached to an aromatic ring is 1. The molecule has 1 aliphatic rings. The molecule has 0 spiro atoms. The third-order valence-electron chi connectivity index (χ3n) is 2.22. The maximum absolute atomic E-state index is 5.80. The minimum Gasteiger partial charge on any atom is -0.398 e. The summed E-state index contributed by atoms with van der Waals surface area (Å²) < 4.78 is 6.22. The number of anilines is 1. The quantitative estimate of drug-likeness (QED) is 0.842. The maximum atomic E-state index is 5.80. The maximum Gasteiger partial charge on any atom is 0.0611 e. The Hall–Kier alpha value is -0.190. The fourth-order valence-electron chi connectivity index (χ4n) is 1.22. The Morgan fingerprint density at radius 2 is 2.21 bits per heavy atom. The van der Waals surface area contributed by atoms with E-state index in [1.54, 1.807) is 0 Å². The molecule has 14 heavy (non-hydrogen) atoms. The van der Waals surface area contributed by atoms with Gasteiger partial charge in [-0.3, -0.25) is 0 Å². The van der Waals surface area contributed by atoms with Gasteiger partial charge in [0.15, 0.2) is 0 Å². The first kappa shape index (κ1) is 10.3. The van der Waals surface area contributed by atoms with Crippen LogP contribution in [0.3, 0.4) is 0 Å². The molecular formula is C10H12BrNOS. The van der Waals surface area contributed by atoms with Crippen molar-refractivity contribution in [2.24, 2.45) is 0 Å². The lowest BCUT2D eigenvalue weighted by Gasteiger charge is -2.25. The van der Waals surface area contributed by atoms with Crippen molar-refractivity contribution in [2.75, 3.05) is 18.9 Å². The van der Waals surface area contributed by atoms with Crippen molar-refractivity contribution in [1.29, 1.82) is 0 Å². The number of hydrogen-bond acceptors (Lipinski definition) is 3. The normalized spacial score (nSPS) is 16.7. The third-order valence-corrected chi connectivity index (χ3v) is 4.34. The van der Waals surface area contributed by atoms with Crippen LogP contribution in [-0.2, 0) is 4.74 Å². The predicted octanol–water partition coefficient (Wildman–Crippen LogP) is 2.83. The lowest BCUT2D eigenvalue weighted by Crippen LogP contribution is -2.30. The van der Waals surface area contributed by atoms with E-state index in [0.29, 0.717) is 5.25 Å². The Kier molecular flexibility index (Phi) is 3.04. The van der Waals surface area contributed by atoms with Gasteiger partial charge in [0.05, 0.1) is 18.5 Å². The van der Waals surface area contributed by atoms with Gasteiger partial charge in [-0.15, -0.1) is 11.8 Å². The number of aryl methyl sites for hydroxylation is 1. The van der Waals surface area contributed by atoms with Crippen LogP contribution in [0.4, 0.5) is 5.69 Å². The molecule has 1 heterocycles.